The van der Waals surface area contributed by atoms with Gasteiger partial charge in [-0.05, 0) is 42.4 Å². The van der Waals surface area contributed by atoms with E-state index in [1.54, 1.807) is 12.1 Å². The summed E-state index contributed by atoms with van der Waals surface area (Å²) in [6.45, 7) is 2.85. The van der Waals surface area contributed by atoms with Gasteiger partial charge >= 0.3 is 0 Å². The number of thiocarbonyl (C=S) groups is 1. The Hall–Kier alpha value is -3.26. The largest absolute Gasteiger partial charge is 0.494 e. The van der Waals surface area contributed by atoms with Crippen LogP contribution in [-0.2, 0) is 4.79 Å². The van der Waals surface area contributed by atoms with Gasteiger partial charge in [-0.15, -0.1) is 0 Å². The number of amides is 1. The van der Waals surface area contributed by atoms with Crippen LogP contribution in [0.15, 0.2) is 54.6 Å². The lowest BCUT2D eigenvalue weighted by atomic mass is 10.2. The molecule has 0 aromatic heterocycles. The van der Waals surface area contributed by atoms with Crippen molar-refractivity contribution in [3.05, 3.63) is 70.3 Å². The number of rotatable bonds is 11. The summed E-state index contributed by atoms with van der Waals surface area (Å²) >= 11 is 5.18. The van der Waals surface area contributed by atoms with Crippen molar-refractivity contribution < 1.29 is 14.5 Å². The van der Waals surface area contributed by atoms with Gasteiger partial charge in [-0.3, -0.25) is 20.2 Å². The quantitative estimate of drug-likeness (QED) is 0.158. The molecule has 0 atom stereocenters. The molecule has 2 rings (SSSR count). The van der Waals surface area contributed by atoms with Crippen LogP contribution in [-0.4, -0.2) is 22.5 Å². The van der Waals surface area contributed by atoms with Crippen LogP contribution in [0.25, 0.3) is 6.08 Å². The van der Waals surface area contributed by atoms with Crippen LogP contribution in [0, 0.1) is 10.1 Å². The zero-order valence-corrected chi connectivity index (χ0v) is 18.3. The van der Waals surface area contributed by atoms with Crippen molar-refractivity contribution >= 4 is 40.7 Å². The van der Waals surface area contributed by atoms with Crippen molar-refractivity contribution in [3.8, 4) is 5.75 Å². The Morgan fingerprint density at radius 1 is 1.13 bits per heavy atom. The average molecular weight is 442 g/mol. The number of unbranched alkanes of at least 4 members (excludes halogenated alkanes) is 4. The maximum atomic E-state index is 12.1. The standard InChI is InChI=1S/C23H27N3O4S/c1-2-3-4-5-6-15-30-21-12-8-10-19(17-21)24-23(31)25-22(27)14-13-18-9-7-11-20(16-18)26(28)29/h7-14,16-17H,2-6,15H2,1H3,(H2,24,25,27,31)/b14-13+. The second-order valence-electron chi connectivity index (χ2n) is 6.92. The minimum absolute atomic E-state index is 0.0391. The maximum Gasteiger partial charge on any atom is 0.270 e. The first-order chi connectivity index (χ1) is 15.0. The second-order valence-corrected chi connectivity index (χ2v) is 7.33. The Kier molecular flexibility index (Phi) is 10.2. The molecule has 0 fully saturated rings. The zero-order chi connectivity index (χ0) is 22.5. The number of hydrogen-bond donors (Lipinski definition) is 2. The van der Waals surface area contributed by atoms with E-state index in [1.165, 1.54) is 43.5 Å². The molecule has 0 saturated heterocycles. The van der Waals surface area contributed by atoms with Gasteiger partial charge in [0.15, 0.2) is 5.11 Å². The summed E-state index contributed by atoms with van der Waals surface area (Å²) in [6.07, 6.45) is 8.63. The molecule has 0 heterocycles. The van der Waals surface area contributed by atoms with Gasteiger partial charge in [-0.1, -0.05) is 50.8 Å². The predicted octanol–water partition coefficient (Wildman–Crippen LogP) is 5.47. The number of nitrogens with zero attached hydrogens (tertiary/aromatic N) is 1. The van der Waals surface area contributed by atoms with E-state index < -0.39 is 10.8 Å². The number of non-ortho nitro benzene ring substituents is 1. The molecule has 0 aliphatic rings. The number of benzene rings is 2. The lowest BCUT2D eigenvalue weighted by molar-refractivity contribution is -0.384. The molecule has 1 amide bonds. The fourth-order valence-electron chi connectivity index (χ4n) is 2.79. The van der Waals surface area contributed by atoms with Crippen LogP contribution < -0.4 is 15.4 Å². The van der Waals surface area contributed by atoms with Crippen molar-refractivity contribution in [2.45, 2.75) is 39.0 Å². The first-order valence-electron chi connectivity index (χ1n) is 10.3. The Bertz CT molecular complexity index is 931. The number of nitrogens with one attached hydrogen (secondary N) is 2. The van der Waals surface area contributed by atoms with Gasteiger partial charge in [0.2, 0.25) is 5.91 Å². The van der Waals surface area contributed by atoms with E-state index in [-0.39, 0.29) is 10.8 Å². The number of hydrogen-bond acceptors (Lipinski definition) is 5. The molecular weight excluding hydrogens is 414 g/mol. The van der Waals surface area contributed by atoms with Crippen LogP contribution in [0.1, 0.15) is 44.6 Å². The highest BCUT2D eigenvalue weighted by Crippen LogP contribution is 2.18. The van der Waals surface area contributed by atoms with Crippen LogP contribution in [0.2, 0.25) is 0 Å². The first kappa shape index (κ1) is 24.0. The molecular formula is C23H27N3O4S. The van der Waals surface area contributed by atoms with E-state index in [9.17, 15) is 14.9 Å². The van der Waals surface area contributed by atoms with Gasteiger partial charge in [-0.25, -0.2) is 0 Å². The van der Waals surface area contributed by atoms with E-state index in [1.807, 2.05) is 24.3 Å². The maximum absolute atomic E-state index is 12.1. The van der Waals surface area contributed by atoms with Gasteiger partial charge in [0.25, 0.3) is 5.69 Å². The molecule has 0 aliphatic carbocycles. The summed E-state index contributed by atoms with van der Waals surface area (Å²) in [4.78, 5) is 22.4. The third kappa shape index (κ3) is 9.39. The van der Waals surface area contributed by atoms with E-state index in [2.05, 4.69) is 17.6 Å². The third-order valence-electron chi connectivity index (χ3n) is 4.35. The lowest BCUT2D eigenvalue weighted by Gasteiger charge is -2.11. The van der Waals surface area contributed by atoms with Crippen molar-refractivity contribution in [3.63, 3.8) is 0 Å². The molecule has 31 heavy (non-hydrogen) atoms. The third-order valence-corrected chi connectivity index (χ3v) is 4.56. The van der Waals surface area contributed by atoms with Crippen molar-refractivity contribution in [1.29, 1.82) is 0 Å². The molecule has 0 unspecified atom stereocenters. The Balaban J connectivity index is 1.80. The topological polar surface area (TPSA) is 93.5 Å². The van der Waals surface area contributed by atoms with E-state index >= 15 is 0 Å². The monoisotopic (exact) mass is 441 g/mol. The highest BCUT2D eigenvalue weighted by Gasteiger charge is 2.06. The number of carbonyl (C=O) groups excluding carboxylic acids is 1. The average Bonchev–Trinajstić information content (AvgIpc) is 2.75. The highest BCUT2D eigenvalue weighted by atomic mass is 32.1. The number of nitro groups is 1. The Morgan fingerprint density at radius 2 is 1.90 bits per heavy atom. The number of anilines is 1. The van der Waals surface area contributed by atoms with Crippen molar-refractivity contribution in [1.82, 2.24) is 5.32 Å². The lowest BCUT2D eigenvalue weighted by Crippen LogP contribution is -2.32. The SMILES string of the molecule is CCCCCCCOc1cccc(NC(=S)NC(=O)/C=C/c2cccc([N+](=O)[O-])c2)c1. The van der Waals surface area contributed by atoms with Crippen molar-refractivity contribution in [2.75, 3.05) is 11.9 Å². The molecule has 0 saturated carbocycles. The van der Waals surface area contributed by atoms with E-state index in [0.29, 0.717) is 17.9 Å². The van der Waals surface area contributed by atoms with Crippen LogP contribution >= 0.6 is 12.2 Å². The van der Waals surface area contributed by atoms with Gasteiger partial charge in [0.1, 0.15) is 5.75 Å². The minimum Gasteiger partial charge on any atom is -0.494 e. The molecule has 164 valence electrons. The van der Waals surface area contributed by atoms with Crippen LogP contribution in [0.4, 0.5) is 11.4 Å². The molecule has 2 aromatic carbocycles. The number of ether oxygens (including phenoxy) is 1. The molecule has 0 aliphatic heterocycles. The number of nitro benzene ring substituents is 1. The summed E-state index contributed by atoms with van der Waals surface area (Å²) in [5.41, 5.74) is 1.21. The molecule has 0 spiro atoms. The van der Waals surface area contributed by atoms with Gasteiger partial charge in [0, 0.05) is 30.0 Å². The summed E-state index contributed by atoms with van der Waals surface area (Å²) in [6, 6.07) is 13.4. The van der Waals surface area contributed by atoms with Gasteiger partial charge in [-0.2, -0.15) is 0 Å². The van der Waals surface area contributed by atoms with Crippen molar-refractivity contribution in [2.24, 2.45) is 0 Å². The zero-order valence-electron chi connectivity index (χ0n) is 17.5. The van der Waals surface area contributed by atoms with Gasteiger partial charge < -0.3 is 10.1 Å². The fraction of sp³-hybridized carbons (Fsp3) is 0.304. The van der Waals surface area contributed by atoms with Gasteiger partial charge in [0.05, 0.1) is 11.5 Å². The van der Waals surface area contributed by atoms with E-state index in [4.69, 9.17) is 17.0 Å². The summed E-state index contributed by atoms with van der Waals surface area (Å²) in [5, 5.41) is 16.5. The Labute approximate surface area is 187 Å². The molecule has 2 aromatic rings. The summed E-state index contributed by atoms with van der Waals surface area (Å²) < 4.78 is 5.77. The summed E-state index contributed by atoms with van der Waals surface area (Å²) in [5.74, 6) is 0.295. The molecule has 2 N–H and O–H groups in total. The summed E-state index contributed by atoms with van der Waals surface area (Å²) in [7, 11) is 0. The van der Waals surface area contributed by atoms with Crippen LogP contribution in [0.5, 0.6) is 5.75 Å². The predicted molar refractivity (Wildman–Crippen MR) is 127 cm³/mol. The minimum atomic E-state index is -0.485. The molecule has 0 bridgehead atoms. The smallest absolute Gasteiger partial charge is 0.270 e. The second kappa shape index (κ2) is 13.1. The first-order valence-corrected chi connectivity index (χ1v) is 10.7. The fourth-order valence-corrected chi connectivity index (χ4v) is 3.01. The van der Waals surface area contributed by atoms with Crippen LogP contribution in [0.3, 0.4) is 0 Å². The molecule has 0 radical (unpaired) electrons. The molecule has 7 nitrogen and oxygen atoms in total. The molecule has 8 heteroatoms. The highest BCUT2D eigenvalue weighted by molar-refractivity contribution is 7.80. The van der Waals surface area contributed by atoms with E-state index in [0.717, 1.165) is 18.6 Å². The number of carbonyl (C=O) groups is 1. The normalized spacial score (nSPS) is 10.6. The Morgan fingerprint density at radius 3 is 2.68 bits per heavy atom.